The van der Waals surface area contributed by atoms with Crippen LogP contribution in [-0.2, 0) is 16.8 Å². The number of ether oxygens (including phenoxy) is 1. The lowest BCUT2D eigenvalue weighted by molar-refractivity contribution is -0.119. The third-order valence-electron chi connectivity index (χ3n) is 4.14. The van der Waals surface area contributed by atoms with Crippen molar-refractivity contribution in [3.8, 4) is 5.75 Å². The zero-order valence-electron chi connectivity index (χ0n) is 11.9. The van der Waals surface area contributed by atoms with Crippen LogP contribution in [0.4, 0.5) is 0 Å². The Morgan fingerprint density at radius 3 is 2.52 bits per heavy atom. The molecule has 0 spiro atoms. The largest absolute Gasteiger partial charge is 0.487 e. The summed E-state index contributed by atoms with van der Waals surface area (Å²) in [7, 11) is 0. The third kappa shape index (κ3) is 2.81. The van der Waals surface area contributed by atoms with Crippen LogP contribution in [0.5, 0.6) is 5.75 Å². The number of carbonyl (C=O) groups is 1. The minimum absolute atomic E-state index is 0.221. The van der Waals surface area contributed by atoms with Crippen molar-refractivity contribution in [2.24, 2.45) is 0 Å². The minimum Gasteiger partial charge on any atom is -0.487 e. The molecule has 0 bridgehead atoms. The Bertz CT molecular complexity index is 660. The van der Waals surface area contributed by atoms with Crippen LogP contribution in [0.2, 0.25) is 5.02 Å². The Morgan fingerprint density at radius 2 is 1.90 bits per heavy atom. The van der Waals surface area contributed by atoms with Gasteiger partial charge < -0.3 is 4.74 Å². The quantitative estimate of drug-likeness (QED) is 0.810. The topological polar surface area (TPSA) is 26.3 Å². The molecule has 0 atom stereocenters. The van der Waals surface area contributed by atoms with E-state index >= 15 is 0 Å². The number of Topliss-reactive ketones (excluding diaryl/α,β-unsaturated/α-hetero) is 1. The maximum atomic E-state index is 11.8. The molecule has 0 radical (unpaired) electrons. The summed E-state index contributed by atoms with van der Waals surface area (Å²) in [6.45, 7) is 2.13. The fourth-order valence-corrected chi connectivity index (χ4v) is 2.79. The molecule has 3 rings (SSSR count). The molecule has 3 heteroatoms. The molecule has 2 nitrogen and oxygen atoms in total. The summed E-state index contributed by atoms with van der Waals surface area (Å²) in [6.07, 6.45) is 1.84. The highest BCUT2D eigenvalue weighted by atomic mass is 35.5. The van der Waals surface area contributed by atoms with Crippen molar-refractivity contribution in [3.63, 3.8) is 0 Å². The second-order valence-corrected chi connectivity index (χ2v) is 5.96. The number of carbonyl (C=O) groups excluding carboxylic acids is 1. The van der Waals surface area contributed by atoms with Gasteiger partial charge in [0.15, 0.2) is 0 Å². The average Bonchev–Trinajstić information content (AvgIpc) is 3.29. The Balaban J connectivity index is 1.81. The fraction of sp³-hybridized carbons (Fsp3) is 0.278. The van der Waals surface area contributed by atoms with Crippen molar-refractivity contribution in [1.29, 1.82) is 0 Å². The SMILES string of the molecule is CC(=O)C1(c2ccc(Cl)c(OCc3ccccc3)c2)CC1. The molecular weight excluding hydrogens is 284 g/mol. The van der Waals surface area contributed by atoms with Crippen molar-refractivity contribution in [1.82, 2.24) is 0 Å². The highest BCUT2D eigenvalue weighted by Crippen LogP contribution is 2.50. The zero-order valence-corrected chi connectivity index (χ0v) is 12.7. The maximum absolute atomic E-state index is 11.8. The first-order chi connectivity index (χ1) is 10.1. The summed E-state index contributed by atoms with van der Waals surface area (Å²) in [5, 5.41) is 0.578. The van der Waals surface area contributed by atoms with E-state index in [-0.39, 0.29) is 11.2 Å². The van der Waals surface area contributed by atoms with E-state index in [9.17, 15) is 4.79 Å². The monoisotopic (exact) mass is 300 g/mol. The number of halogens is 1. The highest BCUT2D eigenvalue weighted by molar-refractivity contribution is 6.32. The van der Waals surface area contributed by atoms with Crippen LogP contribution >= 0.6 is 11.6 Å². The van der Waals surface area contributed by atoms with Crippen LogP contribution in [0.3, 0.4) is 0 Å². The van der Waals surface area contributed by atoms with Gasteiger partial charge in [-0.1, -0.05) is 48.0 Å². The van der Waals surface area contributed by atoms with Crippen LogP contribution in [-0.4, -0.2) is 5.78 Å². The summed E-state index contributed by atoms with van der Waals surface area (Å²) in [5.41, 5.74) is 1.81. The van der Waals surface area contributed by atoms with Gasteiger partial charge in [0.2, 0.25) is 0 Å². The van der Waals surface area contributed by atoms with E-state index < -0.39 is 0 Å². The first-order valence-corrected chi connectivity index (χ1v) is 7.47. The second-order valence-electron chi connectivity index (χ2n) is 5.56. The first-order valence-electron chi connectivity index (χ1n) is 7.10. The van der Waals surface area contributed by atoms with E-state index in [1.807, 2.05) is 48.5 Å². The average molecular weight is 301 g/mol. The molecule has 1 aliphatic rings. The van der Waals surface area contributed by atoms with Gasteiger partial charge >= 0.3 is 0 Å². The Labute approximate surface area is 129 Å². The third-order valence-corrected chi connectivity index (χ3v) is 4.46. The molecule has 21 heavy (non-hydrogen) atoms. The second kappa shape index (κ2) is 5.53. The van der Waals surface area contributed by atoms with E-state index in [2.05, 4.69) is 0 Å². The lowest BCUT2D eigenvalue weighted by atomic mass is 9.92. The molecule has 0 aliphatic heterocycles. The van der Waals surface area contributed by atoms with Gasteiger partial charge in [0.25, 0.3) is 0 Å². The van der Waals surface area contributed by atoms with E-state index in [0.717, 1.165) is 24.0 Å². The van der Waals surface area contributed by atoms with Gasteiger partial charge in [-0.15, -0.1) is 0 Å². The molecule has 1 saturated carbocycles. The van der Waals surface area contributed by atoms with Gasteiger partial charge in [-0.25, -0.2) is 0 Å². The van der Waals surface area contributed by atoms with Gasteiger partial charge in [0.05, 0.1) is 10.4 Å². The van der Waals surface area contributed by atoms with Gasteiger partial charge in [-0.05, 0) is 43.0 Å². The van der Waals surface area contributed by atoms with E-state index in [0.29, 0.717) is 17.4 Å². The number of benzene rings is 2. The van der Waals surface area contributed by atoms with Gasteiger partial charge in [-0.3, -0.25) is 4.79 Å². The molecule has 0 unspecified atom stereocenters. The fourth-order valence-electron chi connectivity index (χ4n) is 2.62. The van der Waals surface area contributed by atoms with Crippen molar-refractivity contribution < 1.29 is 9.53 Å². The molecule has 0 N–H and O–H groups in total. The Hall–Kier alpha value is -1.80. The summed E-state index contributed by atoms with van der Waals surface area (Å²) < 4.78 is 5.82. The molecule has 0 aromatic heterocycles. The molecule has 108 valence electrons. The summed E-state index contributed by atoms with van der Waals surface area (Å²) in [4.78, 5) is 11.8. The molecule has 1 aliphatic carbocycles. The van der Waals surface area contributed by atoms with Crippen LogP contribution in [0.1, 0.15) is 30.9 Å². The molecule has 2 aromatic rings. The summed E-state index contributed by atoms with van der Waals surface area (Å²) >= 11 is 6.20. The number of hydrogen-bond acceptors (Lipinski definition) is 2. The van der Waals surface area contributed by atoms with E-state index in [1.54, 1.807) is 6.92 Å². The van der Waals surface area contributed by atoms with Crippen molar-refractivity contribution in [2.45, 2.75) is 31.8 Å². The molecule has 2 aromatic carbocycles. The van der Waals surface area contributed by atoms with Crippen LogP contribution in [0.25, 0.3) is 0 Å². The summed E-state index contributed by atoms with van der Waals surface area (Å²) in [5.74, 6) is 0.865. The molecule has 0 amide bonds. The zero-order chi connectivity index (χ0) is 14.9. The van der Waals surface area contributed by atoms with Gasteiger partial charge in [-0.2, -0.15) is 0 Å². The number of ketones is 1. The van der Waals surface area contributed by atoms with Crippen LogP contribution < -0.4 is 4.74 Å². The Kier molecular flexibility index (Phi) is 3.73. The normalized spacial score (nSPS) is 15.5. The van der Waals surface area contributed by atoms with Crippen LogP contribution in [0, 0.1) is 0 Å². The van der Waals surface area contributed by atoms with E-state index in [4.69, 9.17) is 16.3 Å². The minimum atomic E-state index is -0.296. The van der Waals surface area contributed by atoms with Gasteiger partial charge in [0.1, 0.15) is 18.1 Å². The number of rotatable bonds is 5. The Morgan fingerprint density at radius 1 is 1.19 bits per heavy atom. The van der Waals surface area contributed by atoms with Gasteiger partial charge in [0, 0.05) is 0 Å². The molecule has 0 heterocycles. The first kappa shape index (κ1) is 14.2. The standard InChI is InChI=1S/C18H17ClO2/c1-13(20)18(9-10-18)15-7-8-16(19)17(11-15)21-12-14-5-3-2-4-6-14/h2-8,11H,9-10,12H2,1H3. The van der Waals surface area contributed by atoms with E-state index in [1.165, 1.54) is 0 Å². The predicted octanol–water partition coefficient (Wildman–Crippen LogP) is 4.54. The van der Waals surface area contributed by atoms with Crippen LogP contribution in [0.15, 0.2) is 48.5 Å². The predicted molar refractivity (Wildman–Crippen MR) is 83.8 cm³/mol. The van der Waals surface area contributed by atoms with Crippen molar-refractivity contribution >= 4 is 17.4 Å². The smallest absolute Gasteiger partial charge is 0.140 e. The molecular formula is C18H17ClO2. The maximum Gasteiger partial charge on any atom is 0.140 e. The molecule has 0 saturated heterocycles. The number of hydrogen-bond donors (Lipinski definition) is 0. The lowest BCUT2D eigenvalue weighted by Crippen LogP contribution is -2.16. The molecule has 1 fully saturated rings. The lowest BCUT2D eigenvalue weighted by Gasteiger charge is -2.15. The summed E-state index contributed by atoms with van der Waals surface area (Å²) in [6, 6.07) is 15.6. The van der Waals surface area contributed by atoms with Crippen molar-refractivity contribution in [3.05, 3.63) is 64.7 Å². The van der Waals surface area contributed by atoms with Crippen molar-refractivity contribution in [2.75, 3.05) is 0 Å². The highest BCUT2D eigenvalue weighted by Gasteiger charge is 2.48.